The highest BCUT2D eigenvalue weighted by molar-refractivity contribution is 7.99. The molecule has 1 aromatic heterocycles. The molecule has 0 aliphatic rings. The smallest absolute Gasteiger partial charge is 0.253 e. The van der Waals surface area contributed by atoms with E-state index in [0.29, 0.717) is 11.3 Å². The molecule has 28 heavy (non-hydrogen) atoms. The average Bonchev–Trinajstić information content (AvgIpc) is 2.67. The van der Waals surface area contributed by atoms with Crippen LogP contribution in [-0.4, -0.2) is 41.5 Å². The van der Waals surface area contributed by atoms with Gasteiger partial charge in [-0.1, -0.05) is 30.0 Å². The standard InChI is InChI=1S/C22H23N3O2S/c1-14-6-5-7-18-15(2)12-20(24-21(14)18)28-13-19(26)23-17-10-8-16(9-11-17)22(27)25(3)4/h5-12H,13H2,1-4H3,(H,23,26). The van der Waals surface area contributed by atoms with Crippen LogP contribution in [0.4, 0.5) is 5.69 Å². The molecule has 0 aliphatic heterocycles. The van der Waals surface area contributed by atoms with Gasteiger partial charge in [0.1, 0.15) is 0 Å². The maximum atomic E-state index is 12.3. The lowest BCUT2D eigenvalue weighted by Crippen LogP contribution is -2.21. The van der Waals surface area contributed by atoms with Crippen LogP contribution in [0.15, 0.2) is 53.6 Å². The Bertz CT molecular complexity index is 1030. The highest BCUT2D eigenvalue weighted by Crippen LogP contribution is 2.25. The summed E-state index contributed by atoms with van der Waals surface area (Å²) in [5, 5.41) is 4.83. The molecule has 0 aliphatic carbocycles. The number of fused-ring (bicyclic) bond motifs is 1. The first-order valence-corrected chi connectivity index (χ1v) is 9.95. The van der Waals surface area contributed by atoms with Gasteiger partial charge in [-0.15, -0.1) is 0 Å². The molecule has 5 nitrogen and oxygen atoms in total. The van der Waals surface area contributed by atoms with Gasteiger partial charge in [0, 0.05) is 30.7 Å². The minimum atomic E-state index is -0.110. The van der Waals surface area contributed by atoms with Crippen molar-refractivity contribution in [3.63, 3.8) is 0 Å². The van der Waals surface area contributed by atoms with Gasteiger partial charge in [0.25, 0.3) is 5.91 Å². The van der Waals surface area contributed by atoms with Gasteiger partial charge >= 0.3 is 0 Å². The second-order valence-corrected chi connectivity index (χ2v) is 7.86. The van der Waals surface area contributed by atoms with E-state index in [-0.39, 0.29) is 17.6 Å². The molecule has 3 rings (SSSR count). The predicted octanol–water partition coefficient (Wildman–Crippen LogP) is 4.28. The molecule has 0 fully saturated rings. The van der Waals surface area contributed by atoms with E-state index in [4.69, 9.17) is 4.98 Å². The molecular formula is C22H23N3O2S. The molecule has 0 unspecified atom stereocenters. The highest BCUT2D eigenvalue weighted by Gasteiger charge is 2.10. The zero-order valence-electron chi connectivity index (χ0n) is 16.4. The summed E-state index contributed by atoms with van der Waals surface area (Å²) < 4.78 is 0. The molecule has 2 amide bonds. The van der Waals surface area contributed by atoms with Crippen LogP contribution in [0.2, 0.25) is 0 Å². The molecule has 144 valence electrons. The Labute approximate surface area is 169 Å². The topological polar surface area (TPSA) is 62.3 Å². The molecule has 0 radical (unpaired) electrons. The summed E-state index contributed by atoms with van der Waals surface area (Å²) in [6.07, 6.45) is 0. The van der Waals surface area contributed by atoms with Crippen LogP contribution in [0, 0.1) is 13.8 Å². The number of thioether (sulfide) groups is 1. The number of pyridine rings is 1. The molecule has 6 heteroatoms. The molecule has 0 bridgehead atoms. The molecule has 2 aromatic carbocycles. The summed E-state index contributed by atoms with van der Waals surface area (Å²) >= 11 is 1.41. The number of rotatable bonds is 5. The zero-order valence-corrected chi connectivity index (χ0v) is 17.3. The summed E-state index contributed by atoms with van der Waals surface area (Å²) in [5.74, 6) is 0.0878. The fourth-order valence-corrected chi connectivity index (χ4v) is 3.66. The second kappa shape index (κ2) is 8.44. The van der Waals surface area contributed by atoms with Crippen molar-refractivity contribution in [3.05, 3.63) is 65.2 Å². The lowest BCUT2D eigenvalue weighted by molar-refractivity contribution is -0.113. The minimum absolute atomic E-state index is 0.0681. The zero-order chi connectivity index (χ0) is 20.3. The molecule has 0 atom stereocenters. The van der Waals surface area contributed by atoms with E-state index in [9.17, 15) is 9.59 Å². The van der Waals surface area contributed by atoms with E-state index in [2.05, 4.69) is 18.3 Å². The Balaban J connectivity index is 1.64. The van der Waals surface area contributed by atoms with Crippen LogP contribution >= 0.6 is 11.8 Å². The number of carbonyl (C=O) groups is 2. The van der Waals surface area contributed by atoms with Crippen molar-refractivity contribution in [3.8, 4) is 0 Å². The lowest BCUT2D eigenvalue weighted by atomic mass is 10.1. The molecule has 0 spiro atoms. The Morgan fingerprint density at radius 3 is 2.43 bits per heavy atom. The van der Waals surface area contributed by atoms with E-state index < -0.39 is 0 Å². The average molecular weight is 394 g/mol. The third kappa shape index (κ3) is 4.51. The van der Waals surface area contributed by atoms with Crippen LogP contribution < -0.4 is 5.32 Å². The number of para-hydroxylation sites is 1. The second-order valence-electron chi connectivity index (χ2n) is 6.86. The summed E-state index contributed by atoms with van der Waals surface area (Å²) in [5.41, 5.74) is 4.51. The number of nitrogens with one attached hydrogen (secondary N) is 1. The first kappa shape index (κ1) is 19.9. The summed E-state index contributed by atoms with van der Waals surface area (Å²) in [7, 11) is 3.42. The third-order valence-corrected chi connectivity index (χ3v) is 5.31. The van der Waals surface area contributed by atoms with Crippen molar-refractivity contribution in [2.24, 2.45) is 0 Å². The van der Waals surface area contributed by atoms with Crippen LogP contribution in [0.3, 0.4) is 0 Å². The Hall–Kier alpha value is -2.86. The van der Waals surface area contributed by atoms with Crippen molar-refractivity contribution < 1.29 is 9.59 Å². The lowest BCUT2D eigenvalue weighted by Gasteiger charge is -2.11. The van der Waals surface area contributed by atoms with Gasteiger partial charge in [0.2, 0.25) is 5.91 Å². The molecule has 1 N–H and O–H groups in total. The van der Waals surface area contributed by atoms with Crippen LogP contribution in [0.1, 0.15) is 21.5 Å². The van der Waals surface area contributed by atoms with E-state index in [1.165, 1.54) is 16.7 Å². The van der Waals surface area contributed by atoms with Gasteiger partial charge in [-0.05, 0) is 55.3 Å². The largest absolute Gasteiger partial charge is 0.345 e. The van der Waals surface area contributed by atoms with Crippen LogP contribution in [0.25, 0.3) is 10.9 Å². The number of carbonyl (C=O) groups excluding carboxylic acids is 2. The molecule has 3 aromatic rings. The monoisotopic (exact) mass is 393 g/mol. The molecule has 0 saturated carbocycles. The minimum Gasteiger partial charge on any atom is -0.345 e. The highest BCUT2D eigenvalue weighted by atomic mass is 32.2. The van der Waals surface area contributed by atoms with E-state index in [1.54, 1.807) is 38.4 Å². The SMILES string of the molecule is Cc1cc(SCC(=O)Nc2ccc(C(=O)N(C)C)cc2)nc2c(C)cccc12. The van der Waals surface area contributed by atoms with Gasteiger partial charge in [-0.2, -0.15) is 0 Å². The third-order valence-electron chi connectivity index (χ3n) is 4.40. The van der Waals surface area contributed by atoms with Crippen LogP contribution in [-0.2, 0) is 4.79 Å². The summed E-state index contributed by atoms with van der Waals surface area (Å²) in [4.78, 5) is 30.4. The van der Waals surface area contributed by atoms with E-state index >= 15 is 0 Å². The van der Waals surface area contributed by atoms with Crippen molar-refractivity contribution in [2.75, 3.05) is 25.2 Å². The van der Waals surface area contributed by atoms with Gasteiger partial charge in [0.15, 0.2) is 0 Å². The number of aryl methyl sites for hydroxylation is 2. The number of nitrogens with zero attached hydrogens (tertiary/aromatic N) is 2. The number of aromatic nitrogens is 1. The number of amides is 2. The van der Waals surface area contributed by atoms with Gasteiger partial charge < -0.3 is 10.2 Å². The van der Waals surface area contributed by atoms with E-state index in [0.717, 1.165) is 27.1 Å². The van der Waals surface area contributed by atoms with Crippen molar-refractivity contribution in [1.82, 2.24) is 9.88 Å². The quantitative estimate of drug-likeness (QED) is 0.657. The molecule has 1 heterocycles. The van der Waals surface area contributed by atoms with Crippen molar-refractivity contribution in [2.45, 2.75) is 18.9 Å². The number of anilines is 1. The maximum absolute atomic E-state index is 12.3. The normalized spacial score (nSPS) is 10.7. The summed E-state index contributed by atoms with van der Waals surface area (Å²) in [6, 6.07) is 15.1. The van der Waals surface area contributed by atoms with Gasteiger partial charge in [-0.3, -0.25) is 9.59 Å². The predicted molar refractivity (Wildman–Crippen MR) is 115 cm³/mol. The van der Waals surface area contributed by atoms with E-state index in [1.807, 2.05) is 25.1 Å². The van der Waals surface area contributed by atoms with Gasteiger partial charge in [-0.25, -0.2) is 4.98 Å². The Morgan fingerprint density at radius 2 is 1.75 bits per heavy atom. The fourth-order valence-electron chi connectivity index (χ4n) is 2.90. The number of hydrogen-bond donors (Lipinski definition) is 1. The summed E-state index contributed by atoms with van der Waals surface area (Å²) in [6.45, 7) is 4.10. The Morgan fingerprint density at radius 1 is 1.04 bits per heavy atom. The molecular weight excluding hydrogens is 370 g/mol. The fraction of sp³-hybridized carbons (Fsp3) is 0.227. The Kier molecular flexibility index (Phi) is 5.99. The van der Waals surface area contributed by atoms with Gasteiger partial charge in [0.05, 0.1) is 16.3 Å². The number of hydrogen-bond acceptors (Lipinski definition) is 4. The van der Waals surface area contributed by atoms with Crippen LogP contribution in [0.5, 0.6) is 0 Å². The van der Waals surface area contributed by atoms with Crippen molar-refractivity contribution in [1.29, 1.82) is 0 Å². The first-order chi connectivity index (χ1) is 13.3. The molecule has 0 saturated heterocycles. The maximum Gasteiger partial charge on any atom is 0.253 e. The first-order valence-electron chi connectivity index (χ1n) is 8.96. The van der Waals surface area contributed by atoms with Crippen molar-refractivity contribution >= 4 is 40.2 Å². The number of benzene rings is 2.